The van der Waals surface area contributed by atoms with Gasteiger partial charge in [0.05, 0.1) is 6.54 Å². The second kappa shape index (κ2) is 1.94. The molecule has 44 valence electrons. The summed E-state index contributed by atoms with van der Waals surface area (Å²) < 4.78 is 12.0. The number of nitrogens with zero attached hydrogens (tertiary/aromatic N) is 1. The Morgan fingerprint density at radius 2 is 2.62 bits per heavy atom. The molecule has 0 aromatic carbocycles. The van der Waals surface area contributed by atoms with E-state index in [0.717, 1.165) is 5.70 Å². The van der Waals surface area contributed by atoms with Gasteiger partial charge in [-0.05, 0) is 6.92 Å². The van der Waals surface area contributed by atoms with Gasteiger partial charge in [0.25, 0.3) is 0 Å². The fourth-order valence-corrected chi connectivity index (χ4v) is 0.471. The number of hydrogen-bond acceptors (Lipinski definition) is 2. The zero-order valence-electron chi connectivity index (χ0n) is 4.61. The molecular weight excluding hydrogens is 107 g/mol. The van der Waals surface area contributed by atoms with Crippen LogP contribution >= 0.6 is 0 Å². The van der Waals surface area contributed by atoms with Crippen LogP contribution < -0.4 is 5.32 Å². The molecule has 1 aliphatic heterocycles. The first-order valence-electron chi connectivity index (χ1n) is 2.42. The summed E-state index contributed by atoms with van der Waals surface area (Å²) in [7, 11) is 0. The van der Waals surface area contributed by atoms with Crippen LogP contribution in [0.2, 0.25) is 0 Å². The molecule has 0 aromatic rings. The SMILES string of the molecule is CC1=CN=C(F)CN1. The van der Waals surface area contributed by atoms with Crippen molar-refractivity contribution >= 4 is 5.97 Å². The van der Waals surface area contributed by atoms with Crippen LogP contribution in [0.15, 0.2) is 16.9 Å². The number of halogens is 1. The van der Waals surface area contributed by atoms with Gasteiger partial charge in [-0.1, -0.05) is 0 Å². The maximum atomic E-state index is 12.0. The highest BCUT2D eigenvalue weighted by Crippen LogP contribution is 1.94. The van der Waals surface area contributed by atoms with Crippen molar-refractivity contribution in [2.24, 2.45) is 4.99 Å². The quantitative estimate of drug-likeness (QED) is 0.495. The summed E-state index contributed by atoms with van der Waals surface area (Å²) in [5.41, 5.74) is 0.909. The zero-order valence-corrected chi connectivity index (χ0v) is 4.61. The molecule has 0 saturated carbocycles. The maximum absolute atomic E-state index is 12.0. The van der Waals surface area contributed by atoms with Crippen LogP contribution in [0, 0.1) is 0 Å². The van der Waals surface area contributed by atoms with Gasteiger partial charge < -0.3 is 5.32 Å². The van der Waals surface area contributed by atoms with Gasteiger partial charge in [-0.25, -0.2) is 4.99 Å². The smallest absolute Gasteiger partial charge is 0.208 e. The van der Waals surface area contributed by atoms with E-state index in [0.29, 0.717) is 0 Å². The Morgan fingerprint density at radius 1 is 1.88 bits per heavy atom. The van der Waals surface area contributed by atoms with E-state index in [2.05, 4.69) is 10.3 Å². The zero-order chi connectivity index (χ0) is 5.98. The van der Waals surface area contributed by atoms with Crippen LogP contribution in [0.25, 0.3) is 0 Å². The van der Waals surface area contributed by atoms with Crippen LogP contribution in [-0.4, -0.2) is 12.5 Å². The van der Waals surface area contributed by atoms with Crippen molar-refractivity contribution in [3.63, 3.8) is 0 Å². The fourth-order valence-electron chi connectivity index (χ4n) is 0.471. The van der Waals surface area contributed by atoms with Gasteiger partial charge in [0.1, 0.15) is 0 Å². The van der Waals surface area contributed by atoms with Crippen LogP contribution in [0.5, 0.6) is 0 Å². The molecule has 0 radical (unpaired) electrons. The molecule has 1 aliphatic rings. The lowest BCUT2D eigenvalue weighted by molar-refractivity contribution is 0.735. The molecule has 0 amide bonds. The lowest BCUT2D eigenvalue weighted by Gasteiger charge is -2.06. The van der Waals surface area contributed by atoms with E-state index in [-0.39, 0.29) is 12.5 Å². The van der Waals surface area contributed by atoms with E-state index in [1.54, 1.807) is 0 Å². The van der Waals surface area contributed by atoms with Crippen molar-refractivity contribution in [3.8, 4) is 0 Å². The molecule has 0 saturated heterocycles. The maximum Gasteiger partial charge on any atom is 0.208 e. The Morgan fingerprint density at radius 3 is 3.00 bits per heavy atom. The predicted molar refractivity (Wildman–Crippen MR) is 30.3 cm³/mol. The summed E-state index contributed by atoms with van der Waals surface area (Å²) in [5.74, 6) is -0.351. The van der Waals surface area contributed by atoms with Crippen LogP contribution in [-0.2, 0) is 0 Å². The molecule has 0 aliphatic carbocycles. The summed E-state index contributed by atoms with van der Waals surface area (Å²) in [5, 5.41) is 2.79. The molecule has 2 nitrogen and oxygen atoms in total. The highest BCUT2D eigenvalue weighted by molar-refractivity contribution is 5.78. The summed E-state index contributed by atoms with van der Waals surface area (Å²) in [6.07, 6.45) is 1.47. The Bertz CT molecular complexity index is 131. The van der Waals surface area contributed by atoms with Crippen molar-refractivity contribution in [2.75, 3.05) is 6.54 Å². The molecular formula is C5H7FN2. The molecule has 1 N–H and O–H groups in total. The van der Waals surface area contributed by atoms with Crippen LogP contribution in [0.4, 0.5) is 4.39 Å². The van der Waals surface area contributed by atoms with E-state index < -0.39 is 0 Å². The van der Waals surface area contributed by atoms with Gasteiger partial charge >= 0.3 is 0 Å². The monoisotopic (exact) mass is 114 g/mol. The third-order valence-electron chi connectivity index (χ3n) is 0.911. The topological polar surface area (TPSA) is 24.4 Å². The standard InChI is InChI=1S/C5H7FN2/c1-4-2-8-5(6)3-7-4/h2,7H,3H2,1H3. The van der Waals surface area contributed by atoms with Crippen molar-refractivity contribution in [3.05, 3.63) is 11.9 Å². The summed E-state index contributed by atoms with van der Waals surface area (Å²) in [6.45, 7) is 2.08. The second-order valence-electron chi connectivity index (χ2n) is 1.67. The third-order valence-corrected chi connectivity index (χ3v) is 0.911. The van der Waals surface area contributed by atoms with Crippen molar-refractivity contribution < 1.29 is 4.39 Å². The van der Waals surface area contributed by atoms with Crippen molar-refractivity contribution in [1.82, 2.24) is 5.32 Å². The number of nitrogens with one attached hydrogen (secondary N) is 1. The van der Waals surface area contributed by atoms with Gasteiger partial charge in [0.2, 0.25) is 5.97 Å². The molecule has 0 fully saturated rings. The van der Waals surface area contributed by atoms with Crippen molar-refractivity contribution in [1.29, 1.82) is 0 Å². The van der Waals surface area contributed by atoms with E-state index in [9.17, 15) is 4.39 Å². The third kappa shape index (κ3) is 1.05. The largest absolute Gasteiger partial charge is 0.379 e. The van der Waals surface area contributed by atoms with Gasteiger partial charge in [-0.15, -0.1) is 0 Å². The van der Waals surface area contributed by atoms with Gasteiger partial charge in [-0.2, -0.15) is 4.39 Å². The second-order valence-corrected chi connectivity index (χ2v) is 1.67. The highest BCUT2D eigenvalue weighted by atomic mass is 19.1. The number of allylic oxidation sites excluding steroid dienone is 1. The minimum atomic E-state index is -0.351. The Kier molecular flexibility index (Phi) is 1.28. The summed E-state index contributed by atoms with van der Waals surface area (Å²) in [4.78, 5) is 3.44. The number of rotatable bonds is 0. The van der Waals surface area contributed by atoms with Crippen molar-refractivity contribution in [2.45, 2.75) is 6.92 Å². The number of hydrogen-bond donors (Lipinski definition) is 1. The molecule has 3 heteroatoms. The first-order valence-corrected chi connectivity index (χ1v) is 2.42. The van der Waals surface area contributed by atoms with Gasteiger partial charge in [0.15, 0.2) is 0 Å². The van der Waals surface area contributed by atoms with Crippen LogP contribution in [0.1, 0.15) is 6.92 Å². The molecule has 0 unspecified atom stereocenters. The molecule has 0 aromatic heterocycles. The fraction of sp³-hybridized carbons (Fsp3) is 0.400. The molecule has 8 heavy (non-hydrogen) atoms. The molecule has 0 atom stereocenters. The average molecular weight is 114 g/mol. The molecule has 0 spiro atoms. The Labute approximate surface area is 47.1 Å². The van der Waals surface area contributed by atoms with Gasteiger partial charge in [0, 0.05) is 11.9 Å². The minimum absolute atomic E-state index is 0.238. The molecule has 1 heterocycles. The summed E-state index contributed by atoms with van der Waals surface area (Å²) >= 11 is 0. The highest BCUT2D eigenvalue weighted by Gasteiger charge is 1.99. The molecule has 0 bridgehead atoms. The molecule has 1 rings (SSSR count). The minimum Gasteiger partial charge on any atom is -0.379 e. The van der Waals surface area contributed by atoms with E-state index in [4.69, 9.17) is 0 Å². The Balaban J connectivity index is 2.65. The lowest BCUT2D eigenvalue weighted by Crippen LogP contribution is -2.21. The van der Waals surface area contributed by atoms with E-state index in [1.165, 1.54) is 6.20 Å². The van der Waals surface area contributed by atoms with Crippen LogP contribution in [0.3, 0.4) is 0 Å². The van der Waals surface area contributed by atoms with Gasteiger partial charge in [-0.3, -0.25) is 0 Å². The average Bonchev–Trinajstić information content (AvgIpc) is 1.77. The summed E-state index contributed by atoms with van der Waals surface area (Å²) in [6, 6.07) is 0. The first-order chi connectivity index (χ1) is 3.79. The lowest BCUT2D eigenvalue weighted by atomic mass is 10.4. The van der Waals surface area contributed by atoms with E-state index in [1.807, 2.05) is 6.92 Å². The number of aliphatic imine (C=N–C) groups is 1. The first kappa shape index (κ1) is 5.28. The Hall–Kier alpha value is -0.860. The predicted octanol–water partition coefficient (Wildman–Crippen LogP) is 0.819. The normalized spacial score (nSPS) is 18.8. The van der Waals surface area contributed by atoms with E-state index >= 15 is 0 Å².